The standard InChI is InChI=1S/C25H22F5O2/c1-2-3-4-15-5-9-17(10-6-15)23-21(31)14-19(26)18(24(23)28)11-7-16-8-12-22(20(27)13-16)32-25(29)30/h5-6,8-10,12-14,25H,2-4,7,11H2,1H3. The zero-order valence-corrected chi connectivity index (χ0v) is 17.4. The lowest BCUT2D eigenvalue weighted by molar-refractivity contribution is -0.0522. The highest BCUT2D eigenvalue weighted by Gasteiger charge is 2.21. The lowest BCUT2D eigenvalue weighted by atomic mass is 9.95. The smallest absolute Gasteiger partial charge is 0.387 e. The van der Waals surface area contributed by atoms with Gasteiger partial charge in [-0.2, -0.15) is 8.78 Å². The highest BCUT2D eigenvalue weighted by molar-refractivity contribution is 5.72. The third-order valence-electron chi connectivity index (χ3n) is 5.21. The average molecular weight is 449 g/mol. The van der Waals surface area contributed by atoms with E-state index in [1.54, 1.807) is 12.1 Å². The van der Waals surface area contributed by atoms with Gasteiger partial charge in [0, 0.05) is 11.6 Å². The van der Waals surface area contributed by atoms with Crippen molar-refractivity contribution in [3.63, 3.8) is 0 Å². The van der Waals surface area contributed by atoms with Gasteiger partial charge >= 0.3 is 6.61 Å². The largest absolute Gasteiger partial charge is 0.432 e. The zero-order chi connectivity index (χ0) is 23.3. The van der Waals surface area contributed by atoms with Crippen molar-refractivity contribution in [2.75, 3.05) is 0 Å². The van der Waals surface area contributed by atoms with Gasteiger partial charge in [0.25, 0.3) is 0 Å². The number of halogens is 5. The van der Waals surface area contributed by atoms with Gasteiger partial charge in [-0.15, -0.1) is 0 Å². The number of rotatable bonds is 9. The summed E-state index contributed by atoms with van der Waals surface area (Å²) in [6, 6.07) is 11.0. The van der Waals surface area contributed by atoms with Crippen LogP contribution in [-0.2, 0) is 24.4 Å². The second kappa shape index (κ2) is 10.5. The van der Waals surface area contributed by atoms with E-state index in [0.717, 1.165) is 43.0 Å². The van der Waals surface area contributed by atoms with Gasteiger partial charge in [0.15, 0.2) is 17.3 Å². The van der Waals surface area contributed by atoms with Crippen molar-refractivity contribution in [3.8, 4) is 22.6 Å². The van der Waals surface area contributed by atoms with Crippen LogP contribution >= 0.6 is 0 Å². The van der Waals surface area contributed by atoms with Gasteiger partial charge in [-0.05, 0) is 54.5 Å². The quantitative estimate of drug-likeness (QED) is 0.309. The van der Waals surface area contributed by atoms with Crippen LogP contribution in [-0.4, -0.2) is 6.61 Å². The molecular formula is C25H22F5O2. The SMILES string of the molecule is CCCCc1ccc(-c2c([O])cc(F)c(CCc3ccc(OC(F)F)c(F)c3)c2F)cc1. The van der Waals surface area contributed by atoms with E-state index in [1.165, 1.54) is 6.07 Å². The number of unbranched alkanes of at least 4 members (excludes halogenated alkanes) is 1. The van der Waals surface area contributed by atoms with Gasteiger partial charge in [0.05, 0.1) is 5.56 Å². The van der Waals surface area contributed by atoms with Crippen molar-refractivity contribution in [2.45, 2.75) is 45.6 Å². The first-order valence-electron chi connectivity index (χ1n) is 10.3. The van der Waals surface area contributed by atoms with Gasteiger partial charge in [-0.1, -0.05) is 43.7 Å². The molecule has 0 aliphatic rings. The molecule has 0 bridgehead atoms. The lowest BCUT2D eigenvalue weighted by Crippen LogP contribution is -2.05. The first kappa shape index (κ1) is 23.6. The van der Waals surface area contributed by atoms with E-state index in [9.17, 15) is 22.7 Å². The first-order valence-corrected chi connectivity index (χ1v) is 10.3. The predicted molar refractivity (Wildman–Crippen MR) is 111 cm³/mol. The molecule has 0 unspecified atom stereocenters. The van der Waals surface area contributed by atoms with E-state index < -0.39 is 35.6 Å². The molecule has 0 spiro atoms. The molecule has 0 saturated carbocycles. The summed E-state index contributed by atoms with van der Waals surface area (Å²) in [5.74, 6) is -4.29. The molecule has 2 nitrogen and oxygen atoms in total. The van der Waals surface area contributed by atoms with Crippen molar-refractivity contribution in [1.82, 2.24) is 0 Å². The molecule has 32 heavy (non-hydrogen) atoms. The molecule has 0 N–H and O–H groups in total. The van der Waals surface area contributed by atoms with E-state index in [4.69, 9.17) is 0 Å². The van der Waals surface area contributed by atoms with Crippen LogP contribution in [0.4, 0.5) is 22.0 Å². The predicted octanol–water partition coefficient (Wildman–Crippen LogP) is 7.64. The third-order valence-corrected chi connectivity index (χ3v) is 5.21. The summed E-state index contributed by atoms with van der Waals surface area (Å²) < 4.78 is 72.0. The molecule has 0 aliphatic heterocycles. The zero-order valence-electron chi connectivity index (χ0n) is 17.4. The Balaban J connectivity index is 1.83. The number of aryl methyl sites for hydroxylation is 2. The van der Waals surface area contributed by atoms with Crippen molar-refractivity contribution in [3.05, 3.63) is 82.7 Å². The van der Waals surface area contributed by atoms with Crippen LogP contribution in [0, 0.1) is 17.5 Å². The monoisotopic (exact) mass is 449 g/mol. The minimum atomic E-state index is -3.16. The molecule has 0 aromatic heterocycles. The number of hydrogen-bond acceptors (Lipinski definition) is 1. The van der Waals surface area contributed by atoms with Crippen molar-refractivity contribution in [2.24, 2.45) is 0 Å². The molecular weight excluding hydrogens is 427 g/mol. The van der Waals surface area contributed by atoms with Gasteiger partial charge in [-0.25, -0.2) is 13.2 Å². The van der Waals surface area contributed by atoms with E-state index in [-0.39, 0.29) is 24.0 Å². The summed E-state index contributed by atoms with van der Waals surface area (Å²) in [5, 5.41) is 12.3. The van der Waals surface area contributed by atoms with E-state index >= 15 is 4.39 Å². The maximum Gasteiger partial charge on any atom is 0.387 e. The van der Waals surface area contributed by atoms with Crippen LogP contribution in [0.2, 0.25) is 0 Å². The highest BCUT2D eigenvalue weighted by Crippen LogP contribution is 2.36. The van der Waals surface area contributed by atoms with Gasteiger partial charge in [0.1, 0.15) is 11.6 Å². The van der Waals surface area contributed by atoms with Crippen molar-refractivity contribution >= 4 is 0 Å². The van der Waals surface area contributed by atoms with Gasteiger partial charge in [0.2, 0.25) is 0 Å². The number of benzene rings is 3. The van der Waals surface area contributed by atoms with Gasteiger partial charge < -0.3 is 4.74 Å². The minimum Gasteiger partial charge on any atom is -0.432 e. The summed E-state index contributed by atoms with van der Waals surface area (Å²) in [6.45, 7) is -1.09. The molecule has 1 radical (unpaired) electrons. The van der Waals surface area contributed by atoms with E-state index in [0.29, 0.717) is 11.1 Å². The maximum atomic E-state index is 15.2. The first-order chi connectivity index (χ1) is 15.3. The second-order valence-electron chi connectivity index (χ2n) is 7.47. The topological polar surface area (TPSA) is 29.1 Å². The molecule has 0 saturated heterocycles. The Morgan fingerprint density at radius 1 is 0.844 bits per heavy atom. The molecule has 0 heterocycles. The van der Waals surface area contributed by atoms with Crippen LogP contribution in [0.25, 0.3) is 11.1 Å². The highest BCUT2D eigenvalue weighted by atomic mass is 19.3. The molecule has 0 atom stereocenters. The Bertz CT molecular complexity index is 1060. The van der Waals surface area contributed by atoms with Crippen LogP contribution in [0.5, 0.6) is 11.5 Å². The molecule has 0 aliphatic carbocycles. The van der Waals surface area contributed by atoms with E-state index in [2.05, 4.69) is 11.7 Å². The van der Waals surface area contributed by atoms with E-state index in [1.807, 2.05) is 12.1 Å². The Hall–Kier alpha value is -3.09. The molecule has 169 valence electrons. The molecule has 7 heteroatoms. The summed E-state index contributed by atoms with van der Waals surface area (Å²) in [5.41, 5.74) is 1.26. The van der Waals surface area contributed by atoms with Crippen LogP contribution in [0.1, 0.15) is 36.5 Å². The number of ether oxygens (including phenoxy) is 1. The third kappa shape index (κ3) is 5.58. The second-order valence-corrected chi connectivity index (χ2v) is 7.47. The Morgan fingerprint density at radius 2 is 1.53 bits per heavy atom. The molecule has 3 aromatic rings. The number of hydrogen-bond donors (Lipinski definition) is 0. The molecule has 0 fully saturated rings. The lowest BCUT2D eigenvalue weighted by Gasteiger charge is -2.12. The Morgan fingerprint density at radius 3 is 2.16 bits per heavy atom. The van der Waals surface area contributed by atoms with Crippen molar-refractivity contribution < 1.29 is 31.8 Å². The Kier molecular flexibility index (Phi) is 7.72. The van der Waals surface area contributed by atoms with Crippen LogP contribution in [0.3, 0.4) is 0 Å². The number of alkyl halides is 2. The molecule has 3 rings (SSSR count). The summed E-state index contributed by atoms with van der Waals surface area (Å²) in [4.78, 5) is 0. The normalized spacial score (nSPS) is 11.2. The summed E-state index contributed by atoms with van der Waals surface area (Å²) >= 11 is 0. The van der Waals surface area contributed by atoms with Gasteiger partial charge in [-0.3, -0.25) is 5.11 Å². The maximum absolute atomic E-state index is 15.2. The fraction of sp³-hybridized carbons (Fsp3) is 0.280. The molecule has 0 amide bonds. The van der Waals surface area contributed by atoms with Crippen molar-refractivity contribution in [1.29, 1.82) is 0 Å². The fourth-order valence-corrected chi connectivity index (χ4v) is 3.52. The fourth-order valence-electron chi connectivity index (χ4n) is 3.52. The van der Waals surface area contributed by atoms with Crippen LogP contribution in [0.15, 0.2) is 48.5 Å². The van der Waals surface area contributed by atoms with Crippen LogP contribution < -0.4 is 4.74 Å². The summed E-state index contributed by atoms with van der Waals surface area (Å²) in [6.07, 6.45) is 2.81. The Labute approximate surface area is 183 Å². The molecule has 3 aromatic carbocycles. The average Bonchev–Trinajstić information content (AvgIpc) is 2.74. The minimum absolute atomic E-state index is 0.0350. The summed E-state index contributed by atoms with van der Waals surface area (Å²) in [7, 11) is 0.